The maximum atomic E-state index is 12.1. The number of amides is 2. The Balaban J connectivity index is 2.02. The molecule has 0 radical (unpaired) electrons. The quantitative estimate of drug-likeness (QED) is 0.780. The van der Waals surface area contributed by atoms with Crippen molar-refractivity contribution in [2.45, 2.75) is 6.61 Å². The number of carbonyl (C=O) groups is 2. The molecule has 6 heteroatoms. The number of rotatable bonds is 4. The van der Waals surface area contributed by atoms with E-state index < -0.39 is 6.09 Å². The van der Waals surface area contributed by atoms with Gasteiger partial charge in [-0.1, -0.05) is 24.3 Å². The molecule has 3 N–H and O–H groups in total. The van der Waals surface area contributed by atoms with Crippen molar-refractivity contribution in [3.8, 4) is 0 Å². The van der Waals surface area contributed by atoms with Crippen LogP contribution in [0.3, 0.4) is 0 Å². The van der Waals surface area contributed by atoms with Crippen molar-refractivity contribution in [1.82, 2.24) is 0 Å². The zero-order chi connectivity index (χ0) is 15.2. The highest BCUT2D eigenvalue weighted by Gasteiger charge is 2.09. The topological polar surface area (TPSA) is 81.4 Å². The van der Waals surface area contributed by atoms with E-state index in [1.807, 2.05) is 18.2 Å². The SMILES string of the molecule is NC(=O)OCc1ccc(NC(=O)c2ccccc2I)cc1. The molecule has 0 saturated heterocycles. The van der Waals surface area contributed by atoms with Gasteiger partial charge in [0.25, 0.3) is 5.91 Å². The first-order chi connectivity index (χ1) is 10.1. The third-order valence-corrected chi connectivity index (χ3v) is 3.65. The van der Waals surface area contributed by atoms with Crippen molar-refractivity contribution in [2.75, 3.05) is 5.32 Å². The first kappa shape index (κ1) is 15.3. The second-order valence-electron chi connectivity index (χ2n) is 4.24. The van der Waals surface area contributed by atoms with Gasteiger partial charge in [-0.25, -0.2) is 4.79 Å². The average molecular weight is 396 g/mol. The van der Waals surface area contributed by atoms with Gasteiger partial charge >= 0.3 is 6.09 Å². The van der Waals surface area contributed by atoms with Gasteiger partial charge in [0.1, 0.15) is 6.61 Å². The van der Waals surface area contributed by atoms with Crippen molar-refractivity contribution >= 4 is 40.3 Å². The molecule has 0 spiro atoms. The molecule has 21 heavy (non-hydrogen) atoms. The van der Waals surface area contributed by atoms with Crippen molar-refractivity contribution in [2.24, 2.45) is 5.73 Å². The maximum Gasteiger partial charge on any atom is 0.404 e. The minimum absolute atomic E-state index is 0.111. The molecule has 0 fully saturated rings. The largest absolute Gasteiger partial charge is 0.445 e. The Morgan fingerprint density at radius 2 is 1.76 bits per heavy atom. The van der Waals surface area contributed by atoms with E-state index in [1.54, 1.807) is 30.3 Å². The Labute approximate surface area is 135 Å². The fourth-order valence-corrected chi connectivity index (χ4v) is 2.31. The lowest BCUT2D eigenvalue weighted by atomic mass is 10.2. The average Bonchev–Trinajstić information content (AvgIpc) is 2.47. The molecular weight excluding hydrogens is 383 g/mol. The zero-order valence-corrected chi connectivity index (χ0v) is 13.2. The molecule has 0 saturated carbocycles. The molecule has 0 unspecified atom stereocenters. The van der Waals surface area contributed by atoms with Crippen LogP contribution in [0.15, 0.2) is 48.5 Å². The Bertz CT molecular complexity index is 656. The summed E-state index contributed by atoms with van der Waals surface area (Å²) in [4.78, 5) is 22.6. The molecule has 0 bridgehead atoms. The Morgan fingerprint density at radius 3 is 2.38 bits per heavy atom. The molecule has 0 aliphatic heterocycles. The Kier molecular flexibility index (Phi) is 5.15. The van der Waals surface area contributed by atoms with Crippen LogP contribution in [-0.2, 0) is 11.3 Å². The number of primary amides is 1. The van der Waals surface area contributed by atoms with Crippen LogP contribution in [0.1, 0.15) is 15.9 Å². The number of anilines is 1. The minimum Gasteiger partial charge on any atom is -0.445 e. The molecule has 2 aromatic rings. The number of carbonyl (C=O) groups excluding carboxylic acids is 2. The van der Waals surface area contributed by atoms with Crippen LogP contribution in [-0.4, -0.2) is 12.0 Å². The van der Waals surface area contributed by atoms with Gasteiger partial charge < -0.3 is 15.8 Å². The molecule has 108 valence electrons. The molecule has 0 aromatic heterocycles. The van der Waals surface area contributed by atoms with E-state index in [9.17, 15) is 9.59 Å². The second-order valence-corrected chi connectivity index (χ2v) is 5.40. The van der Waals surface area contributed by atoms with Gasteiger partial charge in [0.15, 0.2) is 0 Å². The molecule has 2 rings (SSSR count). The lowest BCUT2D eigenvalue weighted by Gasteiger charge is -2.08. The highest BCUT2D eigenvalue weighted by molar-refractivity contribution is 14.1. The summed E-state index contributed by atoms with van der Waals surface area (Å²) in [6.45, 7) is 0.111. The van der Waals surface area contributed by atoms with Gasteiger partial charge in [0.05, 0.1) is 5.56 Å². The van der Waals surface area contributed by atoms with E-state index in [0.29, 0.717) is 11.3 Å². The summed E-state index contributed by atoms with van der Waals surface area (Å²) < 4.78 is 5.57. The lowest BCUT2D eigenvalue weighted by Crippen LogP contribution is -2.14. The van der Waals surface area contributed by atoms with E-state index in [1.165, 1.54) is 0 Å². The standard InChI is InChI=1S/C15H13IN2O3/c16-13-4-2-1-3-12(13)14(19)18-11-7-5-10(6-8-11)9-21-15(17)20/h1-8H,9H2,(H2,17,20)(H,18,19). The maximum absolute atomic E-state index is 12.1. The number of nitrogens with two attached hydrogens (primary N) is 1. The molecular formula is C15H13IN2O3. The van der Waals surface area contributed by atoms with Crippen LogP contribution < -0.4 is 11.1 Å². The van der Waals surface area contributed by atoms with Gasteiger partial charge in [-0.3, -0.25) is 4.79 Å². The monoisotopic (exact) mass is 396 g/mol. The van der Waals surface area contributed by atoms with E-state index in [-0.39, 0.29) is 12.5 Å². The molecule has 2 amide bonds. The van der Waals surface area contributed by atoms with Crippen LogP contribution in [0.4, 0.5) is 10.5 Å². The fraction of sp³-hybridized carbons (Fsp3) is 0.0667. The number of nitrogens with one attached hydrogen (secondary N) is 1. The number of hydrogen-bond donors (Lipinski definition) is 2. The smallest absolute Gasteiger partial charge is 0.404 e. The van der Waals surface area contributed by atoms with Crippen LogP contribution in [0.5, 0.6) is 0 Å². The van der Waals surface area contributed by atoms with Crippen molar-refractivity contribution in [1.29, 1.82) is 0 Å². The van der Waals surface area contributed by atoms with Crippen LogP contribution in [0.2, 0.25) is 0 Å². The van der Waals surface area contributed by atoms with Crippen LogP contribution in [0.25, 0.3) is 0 Å². The van der Waals surface area contributed by atoms with Crippen LogP contribution >= 0.6 is 22.6 Å². The van der Waals surface area contributed by atoms with E-state index in [4.69, 9.17) is 5.73 Å². The predicted molar refractivity (Wildman–Crippen MR) is 87.9 cm³/mol. The lowest BCUT2D eigenvalue weighted by molar-refractivity contribution is 0.102. The summed E-state index contributed by atoms with van der Waals surface area (Å²) >= 11 is 2.12. The van der Waals surface area contributed by atoms with E-state index in [2.05, 4.69) is 32.6 Å². The van der Waals surface area contributed by atoms with Crippen molar-refractivity contribution < 1.29 is 14.3 Å². The zero-order valence-electron chi connectivity index (χ0n) is 11.0. The molecule has 0 aliphatic carbocycles. The van der Waals surface area contributed by atoms with Gasteiger partial charge in [0, 0.05) is 9.26 Å². The predicted octanol–water partition coefficient (Wildman–Crippen LogP) is 3.14. The van der Waals surface area contributed by atoms with E-state index in [0.717, 1.165) is 9.13 Å². The summed E-state index contributed by atoms with van der Waals surface area (Å²) in [5, 5.41) is 2.81. The summed E-state index contributed by atoms with van der Waals surface area (Å²) in [6, 6.07) is 14.4. The van der Waals surface area contributed by atoms with Gasteiger partial charge in [0.2, 0.25) is 0 Å². The molecule has 0 heterocycles. The summed E-state index contributed by atoms with van der Waals surface area (Å²) in [5.41, 5.74) is 6.98. The number of benzene rings is 2. The minimum atomic E-state index is -0.814. The van der Waals surface area contributed by atoms with Crippen molar-refractivity contribution in [3.05, 3.63) is 63.2 Å². The van der Waals surface area contributed by atoms with Crippen LogP contribution in [0, 0.1) is 3.57 Å². The fourth-order valence-electron chi connectivity index (χ4n) is 1.68. The Hall–Kier alpha value is -2.09. The van der Waals surface area contributed by atoms with Gasteiger partial charge in [-0.15, -0.1) is 0 Å². The highest BCUT2D eigenvalue weighted by Crippen LogP contribution is 2.15. The third-order valence-electron chi connectivity index (χ3n) is 2.71. The van der Waals surface area contributed by atoms with Gasteiger partial charge in [-0.05, 0) is 52.4 Å². The number of halogens is 1. The summed E-state index contributed by atoms with van der Waals surface area (Å²) in [6.07, 6.45) is -0.814. The van der Waals surface area contributed by atoms with Gasteiger partial charge in [-0.2, -0.15) is 0 Å². The van der Waals surface area contributed by atoms with E-state index >= 15 is 0 Å². The molecule has 0 atom stereocenters. The first-order valence-electron chi connectivity index (χ1n) is 6.13. The van der Waals surface area contributed by atoms with Crippen molar-refractivity contribution in [3.63, 3.8) is 0 Å². The summed E-state index contributed by atoms with van der Waals surface area (Å²) in [7, 11) is 0. The molecule has 5 nitrogen and oxygen atoms in total. The first-order valence-corrected chi connectivity index (χ1v) is 7.21. The molecule has 0 aliphatic rings. The highest BCUT2D eigenvalue weighted by atomic mass is 127. The number of hydrogen-bond acceptors (Lipinski definition) is 3. The summed E-state index contributed by atoms with van der Waals surface area (Å²) in [5.74, 6) is -0.166. The third kappa shape index (κ3) is 4.45. The second kappa shape index (κ2) is 7.07. The molecule has 2 aromatic carbocycles. The number of ether oxygens (including phenoxy) is 1. The normalized spacial score (nSPS) is 9.95. The Morgan fingerprint density at radius 1 is 1.10 bits per heavy atom.